The highest BCUT2D eigenvalue weighted by Gasteiger charge is 2.55. The molecule has 184 valence electrons. The van der Waals surface area contributed by atoms with Crippen molar-refractivity contribution in [2.24, 2.45) is 15.4 Å². The molecule has 0 radical (unpaired) electrons. The maximum atomic E-state index is 13.6. The van der Waals surface area contributed by atoms with Crippen LogP contribution >= 0.6 is 0 Å². The lowest BCUT2D eigenvalue weighted by Crippen LogP contribution is -2.44. The highest BCUT2D eigenvalue weighted by molar-refractivity contribution is 6.25. The Morgan fingerprint density at radius 1 is 0.892 bits per heavy atom. The summed E-state index contributed by atoms with van der Waals surface area (Å²) >= 11 is 0. The fourth-order valence-corrected chi connectivity index (χ4v) is 5.10. The SMILES string of the molecule is Cc1ccccc1N1C(=O)[C@@H]2[C@@H](N=NN2CC(=O)N2N=C(c3ccccc3)C[C@H]2c2ccccc2)C1=O. The number of para-hydroxylation sites is 1. The molecule has 3 aliphatic rings. The molecule has 9 nitrogen and oxygen atoms in total. The zero-order valence-electron chi connectivity index (χ0n) is 20.1. The third-order valence-corrected chi connectivity index (χ3v) is 6.97. The van der Waals surface area contributed by atoms with Crippen LogP contribution in [0.4, 0.5) is 5.69 Å². The van der Waals surface area contributed by atoms with Gasteiger partial charge in [0.05, 0.1) is 17.4 Å². The standard InChI is InChI=1S/C28H24N6O3/c1-18-10-8-9-15-22(18)33-27(36)25-26(28(33)37)32(31-29-25)17-24(35)34-23(20-13-6-3-7-14-20)16-21(30-34)19-11-4-2-5-12-19/h2-15,23,25-26H,16-17H2,1H3/t23-,25+,26-/m0/s1. The minimum atomic E-state index is -0.966. The van der Waals surface area contributed by atoms with E-state index in [2.05, 4.69) is 10.3 Å². The van der Waals surface area contributed by atoms with Crippen LogP contribution in [0.15, 0.2) is 100 Å². The maximum absolute atomic E-state index is 13.6. The fraction of sp³-hybridized carbons (Fsp3) is 0.214. The molecule has 6 rings (SSSR count). The molecule has 3 aromatic rings. The van der Waals surface area contributed by atoms with Gasteiger partial charge in [0.1, 0.15) is 6.54 Å². The van der Waals surface area contributed by atoms with Crippen molar-refractivity contribution in [3.8, 4) is 0 Å². The van der Waals surface area contributed by atoms with Gasteiger partial charge < -0.3 is 0 Å². The summed E-state index contributed by atoms with van der Waals surface area (Å²) in [6.45, 7) is 1.62. The van der Waals surface area contributed by atoms with E-state index in [9.17, 15) is 14.4 Å². The van der Waals surface area contributed by atoms with Crippen LogP contribution in [0.5, 0.6) is 0 Å². The molecule has 3 heterocycles. The van der Waals surface area contributed by atoms with E-state index in [1.54, 1.807) is 12.1 Å². The first-order valence-corrected chi connectivity index (χ1v) is 12.1. The second kappa shape index (κ2) is 9.09. The second-order valence-electron chi connectivity index (χ2n) is 9.27. The lowest BCUT2D eigenvalue weighted by atomic mass is 9.98. The number of fused-ring (bicyclic) bond motifs is 1. The summed E-state index contributed by atoms with van der Waals surface area (Å²) in [5.74, 6) is -1.19. The molecule has 3 amide bonds. The Labute approximate surface area is 213 Å². The van der Waals surface area contributed by atoms with Crippen molar-refractivity contribution in [1.82, 2.24) is 10.0 Å². The zero-order valence-corrected chi connectivity index (χ0v) is 20.1. The van der Waals surface area contributed by atoms with Gasteiger partial charge >= 0.3 is 0 Å². The highest BCUT2D eigenvalue weighted by Crippen LogP contribution is 2.35. The Balaban J connectivity index is 1.26. The molecule has 0 spiro atoms. The van der Waals surface area contributed by atoms with Gasteiger partial charge in [-0.1, -0.05) is 84.1 Å². The van der Waals surface area contributed by atoms with Crippen LogP contribution in [0.2, 0.25) is 0 Å². The van der Waals surface area contributed by atoms with Crippen LogP contribution in [0, 0.1) is 6.92 Å². The van der Waals surface area contributed by atoms with Crippen molar-refractivity contribution in [2.75, 3.05) is 11.4 Å². The summed E-state index contributed by atoms with van der Waals surface area (Å²) in [6, 6.07) is 24.5. The normalized spacial score (nSPS) is 22.6. The number of carbonyl (C=O) groups is 3. The first kappa shape index (κ1) is 22.8. The topological polar surface area (TPSA) is 98.0 Å². The summed E-state index contributed by atoms with van der Waals surface area (Å²) < 4.78 is 0. The first-order chi connectivity index (χ1) is 18.0. The zero-order chi connectivity index (χ0) is 25.5. The molecular formula is C28H24N6O3. The van der Waals surface area contributed by atoms with Crippen LogP contribution in [0.3, 0.4) is 0 Å². The highest BCUT2D eigenvalue weighted by atomic mass is 16.2. The van der Waals surface area contributed by atoms with E-state index in [4.69, 9.17) is 5.10 Å². The van der Waals surface area contributed by atoms with Gasteiger partial charge in [0.2, 0.25) is 0 Å². The van der Waals surface area contributed by atoms with Crippen molar-refractivity contribution in [3.05, 3.63) is 102 Å². The first-order valence-electron chi connectivity index (χ1n) is 12.1. The van der Waals surface area contributed by atoms with E-state index in [0.717, 1.165) is 27.3 Å². The Bertz CT molecular complexity index is 1440. The van der Waals surface area contributed by atoms with Crippen molar-refractivity contribution < 1.29 is 14.4 Å². The van der Waals surface area contributed by atoms with E-state index in [1.165, 1.54) is 10.0 Å². The number of anilines is 1. The monoisotopic (exact) mass is 492 g/mol. The predicted octanol–water partition coefficient (Wildman–Crippen LogP) is 3.67. The average Bonchev–Trinajstić information content (AvgIpc) is 3.61. The van der Waals surface area contributed by atoms with Gasteiger partial charge in [-0.05, 0) is 29.7 Å². The Morgan fingerprint density at radius 3 is 2.30 bits per heavy atom. The molecule has 1 fully saturated rings. The average molecular weight is 493 g/mol. The smallest absolute Gasteiger partial charge is 0.264 e. The van der Waals surface area contributed by atoms with E-state index in [0.29, 0.717) is 12.1 Å². The summed E-state index contributed by atoms with van der Waals surface area (Å²) in [6.07, 6.45) is 0.561. The molecular weight excluding hydrogens is 468 g/mol. The second-order valence-corrected chi connectivity index (χ2v) is 9.27. The summed E-state index contributed by atoms with van der Waals surface area (Å²) in [5.41, 5.74) is 4.04. The minimum absolute atomic E-state index is 0.222. The van der Waals surface area contributed by atoms with Crippen LogP contribution in [0.1, 0.15) is 29.2 Å². The fourth-order valence-electron chi connectivity index (χ4n) is 5.10. The third kappa shape index (κ3) is 3.88. The number of amides is 3. The van der Waals surface area contributed by atoms with Crippen LogP contribution in [-0.4, -0.2) is 52.1 Å². The molecule has 1 saturated heterocycles. The Hall–Kier alpha value is -4.66. The van der Waals surface area contributed by atoms with E-state index in [1.807, 2.05) is 79.7 Å². The number of rotatable bonds is 5. The third-order valence-electron chi connectivity index (χ3n) is 6.97. The van der Waals surface area contributed by atoms with Gasteiger partial charge in [0.25, 0.3) is 17.7 Å². The maximum Gasteiger partial charge on any atom is 0.264 e. The molecule has 0 N–H and O–H groups in total. The van der Waals surface area contributed by atoms with Crippen molar-refractivity contribution in [1.29, 1.82) is 0 Å². The molecule has 9 heteroatoms. The molecule has 37 heavy (non-hydrogen) atoms. The number of hydrazone groups is 1. The van der Waals surface area contributed by atoms with Crippen LogP contribution in [0.25, 0.3) is 0 Å². The van der Waals surface area contributed by atoms with Gasteiger partial charge in [-0.2, -0.15) is 10.2 Å². The molecule has 3 atom stereocenters. The number of carbonyl (C=O) groups excluding carboxylic acids is 3. The largest absolute Gasteiger partial charge is 0.271 e. The summed E-state index contributed by atoms with van der Waals surface area (Å²) in [7, 11) is 0. The van der Waals surface area contributed by atoms with Gasteiger partial charge in [-0.25, -0.2) is 9.91 Å². The number of imide groups is 1. The Morgan fingerprint density at radius 2 is 1.57 bits per heavy atom. The van der Waals surface area contributed by atoms with Gasteiger partial charge in [0.15, 0.2) is 12.1 Å². The van der Waals surface area contributed by atoms with E-state index >= 15 is 0 Å². The molecule has 3 aromatic carbocycles. The van der Waals surface area contributed by atoms with Crippen molar-refractivity contribution in [3.63, 3.8) is 0 Å². The molecule has 0 bridgehead atoms. The van der Waals surface area contributed by atoms with Crippen molar-refractivity contribution >= 4 is 29.1 Å². The van der Waals surface area contributed by atoms with Crippen LogP contribution in [-0.2, 0) is 14.4 Å². The van der Waals surface area contributed by atoms with Gasteiger partial charge in [-0.3, -0.25) is 19.4 Å². The van der Waals surface area contributed by atoms with Gasteiger partial charge in [-0.15, -0.1) is 0 Å². The lowest BCUT2D eigenvalue weighted by Gasteiger charge is -2.25. The lowest BCUT2D eigenvalue weighted by molar-refractivity contribution is -0.135. The summed E-state index contributed by atoms with van der Waals surface area (Å²) in [4.78, 5) is 41.2. The number of hydrogen-bond acceptors (Lipinski definition) is 7. The molecule has 3 aliphatic heterocycles. The number of aryl methyl sites for hydroxylation is 1. The van der Waals surface area contributed by atoms with E-state index in [-0.39, 0.29) is 18.5 Å². The van der Waals surface area contributed by atoms with Crippen LogP contribution < -0.4 is 4.90 Å². The predicted molar refractivity (Wildman–Crippen MR) is 136 cm³/mol. The molecule has 0 unspecified atom stereocenters. The molecule has 0 saturated carbocycles. The number of hydrogen-bond donors (Lipinski definition) is 0. The number of benzene rings is 3. The molecule has 0 aromatic heterocycles. The quantitative estimate of drug-likeness (QED) is 0.508. The molecule has 0 aliphatic carbocycles. The number of nitrogens with zero attached hydrogens (tertiary/aromatic N) is 6. The van der Waals surface area contributed by atoms with Crippen molar-refractivity contribution in [2.45, 2.75) is 31.5 Å². The van der Waals surface area contributed by atoms with Gasteiger partial charge in [0, 0.05) is 6.42 Å². The Kier molecular flexibility index (Phi) is 5.60. The van der Waals surface area contributed by atoms with E-state index < -0.39 is 23.9 Å². The minimum Gasteiger partial charge on any atom is -0.271 e. The summed E-state index contributed by atoms with van der Waals surface area (Å²) in [5, 5.41) is 15.6.